The SMILES string of the molecule is CCCCCCCCCCCCCCCCCCCCCC/C=C/C(O)C(CO)NC(=O)CCCCCCC/C=C\CCCCCCCCCCCOC(=O)CCCCCCCCCCCCCCCCCCCC. The molecule has 75 heavy (non-hydrogen) atoms. The highest BCUT2D eigenvalue weighted by Crippen LogP contribution is 2.18. The fourth-order valence-corrected chi connectivity index (χ4v) is 10.7. The molecule has 2 atom stereocenters. The topological polar surface area (TPSA) is 95.9 Å². The average molecular weight is 1060 g/mol. The number of ether oxygens (including phenoxy) is 1. The van der Waals surface area contributed by atoms with E-state index in [4.69, 9.17) is 4.74 Å². The molecule has 0 rings (SSSR count). The van der Waals surface area contributed by atoms with Gasteiger partial charge in [-0.25, -0.2) is 0 Å². The fourth-order valence-electron chi connectivity index (χ4n) is 10.7. The largest absolute Gasteiger partial charge is 0.466 e. The number of amides is 1. The van der Waals surface area contributed by atoms with Gasteiger partial charge in [-0.2, -0.15) is 0 Å². The number of hydrogen-bond donors (Lipinski definition) is 3. The lowest BCUT2D eigenvalue weighted by Crippen LogP contribution is -2.45. The van der Waals surface area contributed by atoms with Gasteiger partial charge in [-0.1, -0.05) is 334 Å². The van der Waals surface area contributed by atoms with E-state index in [0.29, 0.717) is 19.4 Å². The van der Waals surface area contributed by atoms with Gasteiger partial charge in [-0.05, 0) is 57.8 Å². The number of aliphatic hydroxyl groups excluding tert-OH is 2. The Morgan fingerprint density at radius 3 is 0.947 bits per heavy atom. The summed E-state index contributed by atoms with van der Waals surface area (Å²) >= 11 is 0. The van der Waals surface area contributed by atoms with E-state index in [-0.39, 0.29) is 18.5 Å². The van der Waals surface area contributed by atoms with Crippen LogP contribution in [0, 0.1) is 0 Å². The van der Waals surface area contributed by atoms with Crippen molar-refractivity contribution in [3.8, 4) is 0 Å². The Labute approximate surface area is 469 Å². The first-order chi connectivity index (χ1) is 37.0. The molecule has 0 saturated carbocycles. The Balaban J connectivity index is 3.45. The van der Waals surface area contributed by atoms with Crippen molar-refractivity contribution in [1.29, 1.82) is 0 Å². The van der Waals surface area contributed by atoms with Crippen molar-refractivity contribution in [2.45, 2.75) is 392 Å². The minimum Gasteiger partial charge on any atom is -0.466 e. The first kappa shape index (κ1) is 73.3. The number of aliphatic hydroxyl groups is 2. The van der Waals surface area contributed by atoms with Crippen LogP contribution in [-0.2, 0) is 14.3 Å². The number of nitrogens with one attached hydrogen (secondary N) is 1. The second-order valence-corrected chi connectivity index (χ2v) is 23.5. The second kappa shape index (κ2) is 64.9. The molecule has 444 valence electrons. The summed E-state index contributed by atoms with van der Waals surface area (Å²) in [6.45, 7) is 4.93. The molecule has 0 aliphatic carbocycles. The molecule has 0 aromatic carbocycles. The van der Waals surface area contributed by atoms with Gasteiger partial charge in [0.25, 0.3) is 0 Å². The lowest BCUT2D eigenvalue weighted by Gasteiger charge is -2.20. The summed E-state index contributed by atoms with van der Waals surface area (Å²) in [6, 6.07) is -0.639. The summed E-state index contributed by atoms with van der Waals surface area (Å²) < 4.78 is 5.50. The maximum atomic E-state index is 12.5. The van der Waals surface area contributed by atoms with Crippen LogP contribution < -0.4 is 5.32 Å². The molecule has 0 aliphatic heterocycles. The van der Waals surface area contributed by atoms with Gasteiger partial charge in [0.05, 0.1) is 25.4 Å². The standard InChI is InChI=1S/C69H133NO5/c1-3-5-7-9-11-13-15-17-19-21-23-24-25-26-29-33-37-41-45-49-53-57-61-67(72)66(65-71)70-68(73)62-58-54-50-46-42-38-34-30-27-28-32-36-40-44-48-52-56-60-64-75-69(74)63-59-55-51-47-43-39-35-31-22-20-18-16-14-12-10-8-6-4-2/h30,34,57,61,66-67,71-72H,3-29,31-33,35-56,58-60,62-65H2,1-2H3,(H,70,73)/b34-30-,61-57+. The van der Waals surface area contributed by atoms with Crippen LogP contribution in [0.15, 0.2) is 24.3 Å². The van der Waals surface area contributed by atoms with Crippen molar-refractivity contribution in [2.24, 2.45) is 0 Å². The number of rotatable bonds is 64. The number of unbranched alkanes of at least 4 members (excludes halogenated alkanes) is 51. The van der Waals surface area contributed by atoms with Gasteiger partial charge in [-0.15, -0.1) is 0 Å². The maximum Gasteiger partial charge on any atom is 0.305 e. The van der Waals surface area contributed by atoms with Gasteiger partial charge in [0.15, 0.2) is 0 Å². The zero-order chi connectivity index (χ0) is 54.3. The van der Waals surface area contributed by atoms with Gasteiger partial charge >= 0.3 is 5.97 Å². The summed E-state index contributed by atoms with van der Waals surface area (Å²) in [5.41, 5.74) is 0. The van der Waals surface area contributed by atoms with Crippen LogP contribution >= 0.6 is 0 Å². The second-order valence-electron chi connectivity index (χ2n) is 23.5. The van der Waals surface area contributed by atoms with Crippen molar-refractivity contribution < 1.29 is 24.5 Å². The number of carbonyl (C=O) groups is 2. The molecule has 6 heteroatoms. The summed E-state index contributed by atoms with van der Waals surface area (Å²) in [5.74, 6) is -0.0710. The van der Waals surface area contributed by atoms with E-state index in [1.54, 1.807) is 6.08 Å². The Bertz CT molecular complexity index is 1170. The third kappa shape index (κ3) is 61.4. The Kier molecular flexibility index (Phi) is 63.4. The van der Waals surface area contributed by atoms with E-state index in [0.717, 1.165) is 57.8 Å². The summed E-state index contributed by atoms with van der Waals surface area (Å²) in [5, 5.41) is 23.2. The highest BCUT2D eigenvalue weighted by Gasteiger charge is 2.18. The minimum atomic E-state index is -0.854. The minimum absolute atomic E-state index is 0.00739. The maximum absolute atomic E-state index is 12.5. The third-order valence-electron chi connectivity index (χ3n) is 16.0. The van der Waals surface area contributed by atoms with Crippen LogP contribution in [0.5, 0.6) is 0 Å². The van der Waals surface area contributed by atoms with Crippen LogP contribution in [0.2, 0.25) is 0 Å². The molecule has 0 aliphatic rings. The molecule has 6 nitrogen and oxygen atoms in total. The molecule has 1 amide bonds. The van der Waals surface area contributed by atoms with Crippen LogP contribution in [-0.4, -0.2) is 47.4 Å². The molecule has 0 saturated heterocycles. The van der Waals surface area contributed by atoms with Crippen molar-refractivity contribution in [3.63, 3.8) is 0 Å². The first-order valence-electron chi connectivity index (χ1n) is 34.1. The fraction of sp³-hybridized carbons (Fsp3) is 0.913. The molecule has 0 heterocycles. The zero-order valence-corrected chi connectivity index (χ0v) is 50.8. The Morgan fingerprint density at radius 2 is 0.627 bits per heavy atom. The number of allylic oxidation sites excluding steroid dienone is 3. The summed E-state index contributed by atoms with van der Waals surface area (Å²) in [6.07, 6.45) is 80.9. The van der Waals surface area contributed by atoms with Crippen molar-refractivity contribution in [1.82, 2.24) is 5.32 Å². The van der Waals surface area contributed by atoms with E-state index in [1.165, 1.54) is 295 Å². The molecule has 0 aromatic rings. The van der Waals surface area contributed by atoms with E-state index in [1.807, 2.05) is 6.08 Å². The molecule has 0 bridgehead atoms. The zero-order valence-electron chi connectivity index (χ0n) is 50.8. The van der Waals surface area contributed by atoms with Crippen LogP contribution in [0.3, 0.4) is 0 Å². The van der Waals surface area contributed by atoms with Crippen molar-refractivity contribution >= 4 is 11.9 Å². The summed E-state index contributed by atoms with van der Waals surface area (Å²) in [4.78, 5) is 24.6. The Hall–Kier alpha value is -1.66. The molecule has 2 unspecified atom stereocenters. The quantitative estimate of drug-likeness (QED) is 0.0320. The molecule has 3 N–H and O–H groups in total. The van der Waals surface area contributed by atoms with Crippen molar-refractivity contribution in [3.05, 3.63) is 24.3 Å². The Morgan fingerprint density at radius 1 is 0.360 bits per heavy atom. The van der Waals surface area contributed by atoms with Crippen molar-refractivity contribution in [2.75, 3.05) is 13.2 Å². The highest BCUT2D eigenvalue weighted by atomic mass is 16.5. The molecule has 0 aromatic heterocycles. The average Bonchev–Trinajstić information content (AvgIpc) is 3.41. The van der Waals surface area contributed by atoms with Gasteiger partial charge in [-0.3, -0.25) is 9.59 Å². The molecular weight excluding hydrogens is 923 g/mol. The molecule has 0 spiro atoms. The van der Waals surface area contributed by atoms with E-state index < -0.39 is 12.1 Å². The number of hydrogen-bond acceptors (Lipinski definition) is 5. The predicted molar refractivity (Wildman–Crippen MR) is 329 cm³/mol. The lowest BCUT2D eigenvalue weighted by molar-refractivity contribution is -0.143. The number of carbonyl (C=O) groups excluding carboxylic acids is 2. The lowest BCUT2D eigenvalue weighted by atomic mass is 10.0. The highest BCUT2D eigenvalue weighted by molar-refractivity contribution is 5.76. The van der Waals surface area contributed by atoms with Gasteiger partial charge in [0.2, 0.25) is 5.91 Å². The van der Waals surface area contributed by atoms with Gasteiger partial charge < -0.3 is 20.3 Å². The van der Waals surface area contributed by atoms with Gasteiger partial charge in [0, 0.05) is 12.8 Å². The smallest absolute Gasteiger partial charge is 0.305 e. The molecule has 0 radical (unpaired) electrons. The van der Waals surface area contributed by atoms with E-state index in [9.17, 15) is 19.8 Å². The van der Waals surface area contributed by atoms with Gasteiger partial charge in [0.1, 0.15) is 0 Å². The first-order valence-corrected chi connectivity index (χ1v) is 34.1. The third-order valence-corrected chi connectivity index (χ3v) is 16.0. The number of esters is 1. The van der Waals surface area contributed by atoms with Crippen LogP contribution in [0.25, 0.3) is 0 Å². The van der Waals surface area contributed by atoms with E-state index >= 15 is 0 Å². The predicted octanol–water partition coefficient (Wildman–Crippen LogP) is 21.8. The normalized spacial score (nSPS) is 12.6. The summed E-state index contributed by atoms with van der Waals surface area (Å²) in [7, 11) is 0. The monoisotopic (exact) mass is 1060 g/mol. The molecule has 0 fully saturated rings. The van der Waals surface area contributed by atoms with E-state index in [2.05, 4.69) is 31.3 Å². The van der Waals surface area contributed by atoms with Crippen LogP contribution in [0.1, 0.15) is 380 Å². The van der Waals surface area contributed by atoms with Crippen LogP contribution in [0.4, 0.5) is 0 Å². The molecular formula is C69H133NO5.